The minimum atomic E-state index is 0.141. The van der Waals surface area contributed by atoms with Crippen molar-refractivity contribution in [3.05, 3.63) is 48.0 Å². The van der Waals surface area contributed by atoms with E-state index in [0.717, 1.165) is 18.4 Å². The maximum absolute atomic E-state index is 12.2. The van der Waals surface area contributed by atoms with E-state index >= 15 is 0 Å². The topological polar surface area (TPSA) is 44.1 Å². The zero-order valence-electron chi connectivity index (χ0n) is 10.3. The van der Waals surface area contributed by atoms with Gasteiger partial charge in [0.2, 0.25) is 5.91 Å². The molecule has 92 valence electrons. The molecule has 1 aliphatic rings. The van der Waals surface area contributed by atoms with Crippen LogP contribution in [0.25, 0.3) is 0 Å². The largest absolute Gasteiger partial charge is 0.336 e. The molecule has 1 fully saturated rings. The Morgan fingerprint density at radius 1 is 1.44 bits per heavy atom. The van der Waals surface area contributed by atoms with Crippen LogP contribution in [-0.2, 0) is 11.2 Å². The molecule has 0 radical (unpaired) electrons. The van der Waals surface area contributed by atoms with Gasteiger partial charge in [-0.3, -0.25) is 4.79 Å². The van der Waals surface area contributed by atoms with Gasteiger partial charge in [0.15, 0.2) is 0 Å². The predicted molar refractivity (Wildman–Crippen MR) is 69.8 cm³/mol. The van der Waals surface area contributed by atoms with E-state index in [4.69, 9.17) is 5.26 Å². The van der Waals surface area contributed by atoms with Crippen LogP contribution in [0.2, 0.25) is 0 Å². The van der Waals surface area contributed by atoms with Crippen molar-refractivity contribution >= 4 is 5.91 Å². The lowest BCUT2D eigenvalue weighted by molar-refractivity contribution is -0.130. The molecule has 0 atom stereocenters. The highest BCUT2D eigenvalue weighted by Gasteiger charge is 2.31. The Morgan fingerprint density at radius 2 is 2.11 bits per heavy atom. The summed E-state index contributed by atoms with van der Waals surface area (Å²) >= 11 is 0. The number of nitriles is 1. The molecule has 1 aromatic carbocycles. The van der Waals surface area contributed by atoms with Crippen LogP contribution in [0.4, 0.5) is 0 Å². The fourth-order valence-corrected chi connectivity index (χ4v) is 1.95. The van der Waals surface area contributed by atoms with Gasteiger partial charge in [-0.15, -0.1) is 6.58 Å². The lowest BCUT2D eigenvalue weighted by Crippen LogP contribution is -2.34. The lowest BCUT2D eigenvalue weighted by atomic mass is 10.1. The van der Waals surface area contributed by atoms with Gasteiger partial charge in [-0.1, -0.05) is 18.2 Å². The van der Waals surface area contributed by atoms with Gasteiger partial charge in [-0.25, -0.2) is 0 Å². The molecule has 0 saturated heterocycles. The monoisotopic (exact) mass is 240 g/mol. The van der Waals surface area contributed by atoms with Crippen LogP contribution in [0.15, 0.2) is 36.9 Å². The van der Waals surface area contributed by atoms with Crippen molar-refractivity contribution in [2.45, 2.75) is 25.3 Å². The summed E-state index contributed by atoms with van der Waals surface area (Å²) in [4.78, 5) is 14.0. The maximum Gasteiger partial charge on any atom is 0.227 e. The molecule has 0 spiro atoms. The minimum absolute atomic E-state index is 0.141. The Bertz CT molecular complexity index is 480. The second kappa shape index (κ2) is 5.50. The van der Waals surface area contributed by atoms with Crippen molar-refractivity contribution in [1.82, 2.24) is 4.90 Å². The number of rotatable bonds is 5. The first kappa shape index (κ1) is 12.4. The Hall–Kier alpha value is -2.08. The molecule has 0 aliphatic heterocycles. The van der Waals surface area contributed by atoms with Gasteiger partial charge in [0.1, 0.15) is 0 Å². The first-order valence-electron chi connectivity index (χ1n) is 6.14. The molecule has 2 rings (SSSR count). The summed E-state index contributed by atoms with van der Waals surface area (Å²) in [5, 5.41) is 8.71. The smallest absolute Gasteiger partial charge is 0.227 e. The summed E-state index contributed by atoms with van der Waals surface area (Å²) in [5.41, 5.74) is 1.57. The highest BCUT2D eigenvalue weighted by Crippen LogP contribution is 2.27. The van der Waals surface area contributed by atoms with Gasteiger partial charge in [0, 0.05) is 12.6 Å². The highest BCUT2D eigenvalue weighted by molar-refractivity contribution is 5.79. The molecular formula is C15H16N2O. The summed E-state index contributed by atoms with van der Waals surface area (Å²) in [5.74, 6) is 0.141. The molecule has 1 aromatic rings. The normalized spacial score (nSPS) is 13.7. The molecule has 0 aromatic heterocycles. The molecule has 1 saturated carbocycles. The number of carbonyl (C=O) groups is 1. The van der Waals surface area contributed by atoms with Crippen LogP contribution in [-0.4, -0.2) is 23.4 Å². The van der Waals surface area contributed by atoms with E-state index in [1.807, 2.05) is 17.0 Å². The fourth-order valence-electron chi connectivity index (χ4n) is 1.95. The first-order chi connectivity index (χ1) is 8.74. The number of amides is 1. The number of carbonyl (C=O) groups excluding carboxylic acids is 1. The van der Waals surface area contributed by atoms with E-state index < -0.39 is 0 Å². The molecule has 18 heavy (non-hydrogen) atoms. The van der Waals surface area contributed by atoms with Crippen LogP contribution >= 0.6 is 0 Å². The van der Waals surface area contributed by atoms with Gasteiger partial charge in [0.05, 0.1) is 18.1 Å². The Balaban J connectivity index is 2.00. The minimum Gasteiger partial charge on any atom is -0.336 e. The summed E-state index contributed by atoms with van der Waals surface area (Å²) in [6, 6.07) is 9.66. The molecule has 1 amide bonds. The van der Waals surface area contributed by atoms with Crippen LogP contribution in [0.5, 0.6) is 0 Å². The van der Waals surface area contributed by atoms with Crippen LogP contribution in [0.3, 0.4) is 0 Å². The molecule has 0 unspecified atom stereocenters. The molecule has 1 aliphatic carbocycles. The SMILES string of the molecule is C=CCN(C(=O)Cc1ccc(C#N)cc1)C1CC1. The van der Waals surface area contributed by atoms with Crippen molar-refractivity contribution in [3.63, 3.8) is 0 Å². The second-order valence-electron chi connectivity index (χ2n) is 4.55. The molecule has 0 N–H and O–H groups in total. The molecule has 0 heterocycles. The molecule has 3 heteroatoms. The third-order valence-electron chi connectivity index (χ3n) is 3.07. The van der Waals surface area contributed by atoms with E-state index in [9.17, 15) is 4.79 Å². The lowest BCUT2D eigenvalue weighted by Gasteiger charge is -2.20. The van der Waals surface area contributed by atoms with Gasteiger partial charge in [-0.05, 0) is 30.5 Å². The first-order valence-corrected chi connectivity index (χ1v) is 6.14. The van der Waals surface area contributed by atoms with Gasteiger partial charge in [-0.2, -0.15) is 5.26 Å². The second-order valence-corrected chi connectivity index (χ2v) is 4.55. The van der Waals surface area contributed by atoms with Crippen molar-refractivity contribution in [2.75, 3.05) is 6.54 Å². The van der Waals surface area contributed by atoms with Crippen molar-refractivity contribution in [2.24, 2.45) is 0 Å². The number of hydrogen-bond acceptors (Lipinski definition) is 2. The van der Waals surface area contributed by atoms with Gasteiger partial charge >= 0.3 is 0 Å². The zero-order chi connectivity index (χ0) is 13.0. The fraction of sp³-hybridized carbons (Fsp3) is 0.333. The van der Waals surface area contributed by atoms with Crippen LogP contribution < -0.4 is 0 Å². The van der Waals surface area contributed by atoms with E-state index in [1.54, 1.807) is 18.2 Å². The van der Waals surface area contributed by atoms with E-state index in [-0.39, 0.29) is 5.91 Å². The summed E-state index contributed by atoms with van der Waals surface area (Å²) in [7, 11) is 0. The number of benzene rings is 1. The van der Waals surface area contributed by atoms with E-state index in [2.05, 4.69) is 12.6 Å². The Labute approximate surface area is 107 Å². The summed E-state index contributed by atoms with van der Waals surface area (Å²) < 4.78 is 0. The average molecular weight is 240 g/mol. The maximum atomic E-state index is 12.2. The molecular weight excluding hydrogens is 224 g/mol. The summed E-state index contributed by atoms with van der Waals surface area (Å²) in [6.45, 7) is 4.32. The Kier molecular flexibility index (Phi) is 3.78. The zero-order valence-corrected chi connectivity index (χ0v) is 10.3. The summed E-state index contributed by atoms with van der Waals surface area (Å²) in [6.07, 6.45) is 4.38. The van der Waals surface area contributed by atoms with Crippen LogP contribution in [0, 0.1) is 11.3 Å². The number of hydrogen-bond donors (Lipinski definition) is 0. The quantitative estimate of drug-likeness (QED) is 0.741. The van der Waals surface area contributed by atoms with Gasteiger partial charge < -0.3 is 4.90 Å². The standard InChI is InChI=1S/C15H16N2O/c1-2-9-17(14-7-8-14)15(18)10-12-3-5-13(11-16)6-4-12/h2-6,14H,1,7-10H2. The van der Waals surface area contributed by atoms with Crippen molar-refractivity contribution < 1.29 is 4.79 Å². The van der Waals surface area contributed by atoms with Crippen molar-refractivity contribution in [3.8, 4) is 6.07 Å². The molecule has 3 nitrogen and oxygen atoms in total. The van der Waals surface area contributed by atoms with E-state index in [0.29, 0.717) is 24.6 Å². The Morgan fingerprint density at radius 3 is 2.61 bits per heavy atom. The van der Waals surface area contributed by atoms with Crippen LogP contribution in [0.1, 0.15) is 24.0 Å². The molecule has 0 bridgehead atoms. The highest BCUT2D eigenvalue weighted by atomic mass is 16.2. The third kappa shape index (κ3) is 2.98. The van der Waals surface area contributed by atoms with E-state index in [1.165, 1.54) is 0 Å². The third-order valence-corrected chi connectivity index (χ3v) is 3.07. The average Bonchev–Trinajstić information content (AvgIpc) is 3.21. The van der Waals surface area contributed by atoms with Crippen molar-refractivity contribution in [1.29, 1.82) is 5.26 Å². The number of nitrogens with zero attached hydrogens (tertiary/aromatic N) is 2. The van der Waals surface area contributed by atoms with Gasteiger partial charge in [0.25, 0.3) is 0 Å². The predicted octanol–water partition coefficient (Wildman–Crippen LogP) is 2.28.